The number of piperidine rings is 1. The van der Waals surface area contributed by atoms with Crippen molar-refractivity contribution in [3.05, 3.63) is 60.2 Å². The fourth-order valence-corrected chi connectivity index (χ4v) is 4.92. The monoisotopic (exact) mass is 414 g/mol. The molecule has 1 heterocycles. The van der Waals surface area contributed by atoms with Crippen LogP contribution in [0.3, 0.4) is 0 Å². The fraction of sp³-hybridized carbons (Fsp3) is 0.318. The molecule has 1 aliphatic heterocycles. The standard InChI is InChI=1S/C22H26N2O4S/c1-17-5-4-14-24(16-17)29(26,27)21-11-9-19(10-12-21)23-22(25)13-8-18-6-3-7-20(15-18)28-2/h3,6-13,15,17H,4-5,14,16H2,1-2H3,(H,23,25)/b13-8+/t17-/m1/s1. The summed E-state index contributed by atoms with van der Waals surface area (Å²) in [5.41, 5.74) is 1.38. The van der Waals surface area contributed by atoms with Gasteiger partial charge in [0.15, 0.2) is 0 Å². The summed E-state index contributed by atoms with van der Waals surface area (Å²) in [6, 6.07) is 13.7. The third-order valence-electron chi connectivity index (χ3n) is 4.90. The first kappa shape index (κ1) is 21.1. The van der Waals surface area contributed by atoms with Gasteiger partial charge in [0.1, 0.15) is 5.75 Å². The molecular weight excluding hydrogens is 388 g/mol. The number of nitrogens with zero attached hydrogens (tertiary/aromatic N) is 1. The Kier molecular flexibility index (Phi) is 6.71. The van der Waals surface area contributed by atoms with Gasteiger partial charge in [-0.2, -0.15) is 4.31 Å². The molecule has 0 aliphatic carbocycles. The number of methoxy groups -OCH3 is 1. The SMILES string of the molecule is COc1cccc(/C=C/C(=O)Nc2ccc(S(=O)(=O)N3CCC[C@@H](C)C3)cc2)c1. The van der Waals surface area contributed by atoms with Gasteiger partial charge >= 0.3 is 0 Å². The predicted octanol–water partition coefficient (Wildman–Crippen LogP) is 3.77. The Labute approximate surface area is 172 Å². The molecule has 1 aliphatic rings. The maximum Gasteiger partial charge on any atom is 0.248 e. The number of sulfonamides is 1. The molecule has 1 amide bonds. The first-order valence-corrected chi connectivity index (χ1v) is 11.1. The molecule has 0 aromatic heterocycles. The van der Waals surface area contributed by atoms with Gasteiger partial charge in [0.2, 0.25) is 15.9 Å². The van der Waals surface area contributed by atoms with E-state index in [-0.39, 0.29) is 10.8 Å². The first-order valence-electron chi connectivity index (χ1n) is 9.62. The summed E-state index contributed by atoms with van der Waals surface area (Å²) in [5.74, 6) is 0.786. The van der Waals surface area contributed by atoms with Crippen LogP contribution in [0.1, 0.15) is 25.3 Å². The number of hydrogen-bond donors (Lipinski definition) is 1. The van der Waals surface area contributed by atoms with E-state index < -0.39 is 10.0 Å². The zero-order chi connectivity index (χ0) is 20.9. The second-order valence-corrected chi connectivity index (χ2v) is 9.17. The number of ether oxygens (including phenoxy) is 1. The van der Waals surface area contributed by atoms with Crippen LogP contribution in [-0.4, -0.2) is 38.8 Å². The lowest BCUT2D eigenvalue weighted by atomic mass is 10.0. The van der Waals surface area contributed by atoms with Crippen LogP contribution in [0, 0.1) is 5.92 Å². The van der Waals surface area contributed by atoms with Gasteiger partial charge in [0.05, 0.1) is 12.0 Å². The molecule has 2 aromatic carbocycles. The number of rotatable bonds is 6. The first-order chi connectivity index (χ1) is 13.9. The molecule has 154 valence electrons. The molecule has 0 spiro atoms. The molecular formula is C22H26N2O4S. The molecule has 1 fully saturated rings. The number of carbonyl (C=O) groups excluding carboxylic acids is 1. The summed E-state index contributed by atoms with van der Waals surface area (Å²) in [6.45, 7) is 3.18. The molecule has 0 saturated carbocycles. The lowest BCUT2D eigenvalue weighted by Crippen LogP contribution is -2.39. The summed E-state index contributed by atoms with van der Waals surface area (Å²) in [5, 5.41) is 2.74. The van der Waals surface area contributed by atoms with Crippen LogP contribution < -0.4 is 10.1 Å². The van der Waals surface area contributed by atoms with E-state index in [9.17, 15) is 13.2 Å². The van der Waals surface area contributed by atoms with Gasteiger partial charge in [-0.1, -0.05) is 19.1 Å². The Morgan fingerprint density at radius 1 is 1.21 bits per heavy atom. The van der Waals surface area contributed by atoms with Gasteiger partial charge in [-0.3, -0.25) is 4.79 Å². The van der Waals surface area contributed by atoms with Crippen LogP contribution in [-0.2, 0) is 14.8 Å². The lowest BCUT2D eigenvalue weighted by Gasteiger charge is -2.30. The van der Waals surface area contributed by atoms with Crippen molar-refractivity contribution in [2.75, 3.05) is 25.5 Å². The third-order valence-corrected chi connectivity index (χ3v) is 6.78. The molecule has 1 saturated heterocycles. The van der Waals surface area contributed by atoms with E-state index >= 15 is 0 Å². The average Bonchev–Trinajstić information content (AvgIpc) is 2.73. The van der Waals surface area contributed by atoms with Gasteiger partial charge in [-0.05, 0) is 66.8 Å². The zero-order valence-electron chi connectivity index (χ0n) is 16.7. The largest absolute Gasteiger partial charge is 0.497 e. The number of anilines is 1. The van der Waals surface area contributed by atoms with Crippen molar-refractivity contribution in [3.8, 4) is 5.75 Å². The van der Waals surface area contributed by atoms with Gasteiger partial charge < -0.3 is 10.1 Å². The van der Waals surface area contributed by atoms with E-state index in [2.05, 4.69) is 12.2 Å². The second-order valence-electron chi connectivity index (χ2n) is 7.23. The number of benzene rings is 2. The fourth-order valence-electron chi connectivity index (χ4n) is 3.32. The average molecular weight is 415 g/mol. The molecule has 1 N–H and O–H groups in total. The van der Waals surface area contributed by atoms with Crippen molar-refractivity contribution in [2.24, 2.45) is 5.92 Å². The minimum atomic E-state index is -3.50. The van der Waals surface area contributed by atoms with E-state index in [0.29, 0.717) is 30.4 Å². The highest BCUT2D eigenvalue weighted by Gasteiger charge is 2.28. The number of nitrogens with one attached hydrogen (secondary N) is 1. The molecule has 1 atom stereocenters. The van der Waals surface area contributed by atoms with Crippen LogP contribution in [0.25, 0.3) is 6.08 Å². The van der Waals surface area contributed by atoms with Crippen molar-refractivity contribution < 1.29 is 17.9 Å². The topological polar surface area (TPSA) is 75.7 Å². The minimum absolute atomic E-state index is 0.247. The maximum absolute atomic E-state index is 12.8. The van der Waals surface area contributed by atoms with E-state index in [1.165, 1.54) is 18.2 Å². The van der Waals surface area contributed by atoms with Gasteiger partial charge in [0, 0.05) is 24.9 Å². The molecule has 7 heteroatoms. The van der Waals surface area contributed by atoms with E-state index in [1.54, 1.807) is 29.6 Å². The van der Waals surface area contributed by atoms with Crippen molar-refractivity contribution in [3.63, 3.8) is 0 Å². The van der Waals surface area contributed by atoms with E-state index in [4.69, 9.17) is 4.74 Å². The van der Waals surface area contributed by atoms with Crippen LogP contribution in [0.5, 0.6) is 5.75 Å². The lowest BCUT2D eigenvalue weighted by molar-refractivity contribution is -0.111. The zero-order valence-corrected chi connectivity index (χ0v) is 17.5. The van der Waals surface area contributed by atoms with Crippen molar-refractivity contribution >= 4 is 27.7 Å². The number of carbonyl (C=O) groups is 1. The van der Waals surface area contributed by atoms with Crippen molar-refractivity contribution in [1.82, 2.24) is 4.31 Å². The summed E-state index contributed by atoms with van der Waals surface area (Å²) in [7, 11) is -1.91. The molecule has 29 heavy (non-hydrogen) atoms. The molecule has 6 nitrogen and oxygen atoms in total. The summed E-state index contributed by atoms with van der Waals surface area (Å²) in [4.78, 5) is 12.4. The summed E-state index contributed by atoms with van der Waals surface area (Å²) in [6.07, 6.45) is 5.05. The molecule has 2 aromatic rings. The normalized spacial score (nSPS) is 17.9. The van der Waals surface area contributed by atoms with Gasteiger partial charge in [-0.25, -0.2) is 8.42 Å². The number of hydrogen-bond acceptors (Lipinski definition) is 4. The second kappa shape index (κ2) is 9.24. The Morgan fingerprint density at radius 3 is 2.66 bits per heavy atom. The van der Waals surface area contributed by atoms with E-state index in [1.807, 2.05) is 24.3 Å². The smallest absolute Gasteiger partial charge is 0.248 e. The molecule has 0 unspecified atom stereocenters. The van der Waals surface area contributed by atoms with Gasteiger partial charge in [-0.15, -0.1) is 0 Å². The van der Waals surface area contributed by atoms with Crippen LogP contribution in [0.4, 0.5) is 5.69 Å². The Balaban J connectivity index is 1.64. The Morgan fingerprint density at radius 2 is 1.97 bits per heavy atom. The highest BCUT2D eigenvalue weighted by atomic mass is 32.2. The third kappa shape index (κ3) is 5.46. The maximum atomic E-state index is 12.8. The molecule has 0 radical (unpaired) electrons. The van der Waals surface area contributed by atoms with Crippen molar-refractivity contribution in [1.29, 1.82) is 0 Å². The minimum Gasteiger partial charge on any atom is -0.497 e. The van der Waals surface area contributed by atoms with Crippen LogP contribution in [0.15, 0.2) is 59.5 Å². The highest BCUT2D eigenvalue weighted by molar-refractivity contribution is 7.89. The molecule has 3 rings (SSSR count). The number of amides is 1. The predicted molar refractivity (Wildman–Crippen MR) is 114 cm³/mol. The Bertz CT molecular complexity index is 984. The summed E-state index contributed by atoms with van der Waals surface area (Å²) < 4.78 is 32.3. The van der Waals surface area contributed by atoms with E-state index in [0.717, 1.165) is 18.4 Å². The highest BCUT2D eigenvalue weighted by Crippen LogP contribution is 2.24. The summed E-state index contributed by atoms with van der Waals surface area (Å²) >= 11 is 0. The molecule has 0 bridgehead atoms. The quantitative estimate of drug-likeness (QED) is 0.730. The van der Waals surface area contributed by atoms with Crippen molar-refractivity contribution in [2.45, 2.75) is 24.7 Å². The Hall–Kier alpha value is -2.64. The van der Waals surface area contributed by atoms with Crippen LogP contribution in [0.2, 0.25) is 0 Å². The van der Waals surface area contributed by atoms with Crippen LogP contribution >= 0.6 is 0 Å². The van der Waals surface area contributed by atoms with Gasteiger partial charge in [0.25, 0.3) is 0 Å².